The van der Waals surface area contributed by atoms with Gasteiger partial charge in [0.05, 0.1) is 0 Å². The maximum Gasteiger partial charge on any atom is 0.126 e. The van der Waals surface area contributed by atoms with Gasteiger partial charge in [0.25, 0.3) is 0 Å². The van der Waals surface area contributed by atoms with Crippen LogP contribution in [0.1, 0.15) is 27.2 Å². The van der Waals surface area contributed by atoms with Crippen molar-refractivity contribution >= 4 is 6.29 Å². The normalized spacial score (nSPS) is 15.2. The summed E-state index contributed by atoms with van der Waals surface area (Å²) in [5.41, 5.74) is 1.17. The van der Waals surface area contributed by atoms with Gasteiger partial charge in [-0.15, -0.1) is 0 Å². The molecule has 0 aliphatic heterocycles. The van der Waals surface area contributed by atoms with Crippen LogP contribution in [0, 0.1) is 5.92 Å². The summed E-state index contributed by atoms with van der Waals surface area (Å²) < 4.78 is 0. The molecule has 0 aromatic heterocycles. The summed E-state index contributed by atoms with van der Waals surface area (Å²) in [5, 5.41) is 0. The predicted octanol–water partition coefficient (Wildman–Crippen LogP) is 2.18. The molecule has 0 spiro atoms. The molecule has 9 heavy (non-hydrogen) atoms. The number of aldehydes is 1. The Morgan fingerprint density at radius 3 is 2.56 bits per heavy atom. The predicted molar refractivity (Wildman–Crippen MR) is 39.3 cm³/mol. The third-order valence-corrected chi connectivity index (χ3v) is 1.45. The molecule has 0 radical (unpaired) electrons. The summed E-state index contributed by atoms with van der Waals surface area (Å²) in [6, 6.07) is 0. The molecule has 1 unspecified atom stereocenters. The minimum Gasteiger partial charge on any atom is -0.303 e. The van der Waals surface area contributed by atoms with Gasteiger partial charge >= 0.3 is 0 Å². The smallest absolute Gasteiger partial charge is 0.126 e. The molecule has 1 nitrogen and oxygen atoms in total. The van der Waals surface area contributed by atoms with Crippen molar-refractivity contribution in [1.82, 2.24) is 0 Å². The Hall–Kier alpha value is -0.590. The van der Waals surface area contributed by atoms with Crippen LogP contribution in [0.15, 0.2) is 11.6 Å². The van der Waals surface area contributed by atoms with Crippen molar-refractivity contribution in [3.63, 3.8) is 0 Å². The molecule has 0 rings (SSSR count). The molecule has 52 valence electrons. The van der Waals surface area contributed by atoms with Crippen LogP contribution in [0.5, 0.6) is 0 Å². The molecular weight excluding hydrogens is 112 g/mol. The first-order chi connectivity index (χ1) is 4.22. The average molecular weight is 126 g/mol. The van der Waals surface area contributed by atoms with Crippen molar-refractivity contribution < 1.29 is 4.79 Å². The van der Waals surface area contributed by atoms with E-state index in [1.54, 1.807) is 0 Å². The quantitative estimate of drug-likeness (QED) is 0.418. The molecule has 1 heteroatoms. The summed E-state index contributed by atoms with van der Waals surface area (Å²) in [5.74, 6) is 0.102. The van der Waals surface area contributed by atoms with Gasteiger partial charge in [-0.05, 0) is 13.3 Å². The van der Waals surface area contributed by atoms with E-state index in [2.05, 4.69) is 13.0 Å². The third-order valence-electron chi connectivity index (χ3n) is 1.45. The van der Waals surface area contributed by atoms with Crippen LogP contribution in [-0.4, -0.2) is 6.29 Å². The van der Waals surface area contributed by atoms with Crippen molar-refractivity contribution in [2.24, 2.45) is 5.92 Å². The van der Waals surface area contributed by atoms with Crippen LogP contribution in [0.3, 0.4) is 0 Å². The van der Waals surface area contributed by atoms with Crippen molar-refractivity contribution in [2.45, 2.75) is 27.2 Å². The van der Waals surface area contributed by atoms with Crippen LogP contribution in [-0.2, 0) is 4.79 Å². The fourth-order valence-corrected chi connectivity index (χ4v) is 0.615. The molecule has 0 aliphatic rings. The van der Waals surface area contributed by atoms with Gasteiger partial charge in [0.15, 0.2) is 0 Å². The lowest BCUT2D eigenvalue weighted by molar-refractivity contribution is -0.109. The molecule has 0 amide bonds. The van der Waals surface area contributed by atoms with Crippen LogP contribution < -0.4 is 0 Å². The molecule has 0 N–H and O–H groups in total. The zero-order chi connectivity index (χ0) is 7.28. The second-order valence-electron chi connectivity index (χ2n) is 2.28. The fraction of sp³-hybridized carbons (Fsp3) is 0.625. The molecule has 0 aromatic rings. The SMILES string of the molecule is CC/C=C(\C)C(C)C=O. The minimum absolute atomic E-state index is 0.102. The summed E-state index contributed by atoms with van der Waals surface area (Å²) in [6.45, 7) is 5.97. The van der Waals surface area contributed by atoms with Crippen molar-refractivity contribution in [2.75, 3.05) is 0 Å². The first-order valence-electron chi connectivity index (χ1n) is 3.34. The van der Waals surface area contributed by atoms with Crippen molar-refractivity contribution in [1.29, 1.82) is 0 Å². The number of hydrogen-bond donors (Lipinski definition) is 0. The topological polar surface area (TPSA) is 17.1 Å². The molecule has 0 fully saturated rings. The van der Waals surface area contributed by atoms with E-state index in [0.717, 1.165) is 12.7 Å². The van der Waals surface area contributed by atoms with Gasteiger partial charge in [0, 0.05) is 5.92 Å². The van der Waals surface area contributed by atoms with E-state index in [-0.39, 0.29) is 5.92 Å². The highest BCUT2D eigenvalue weighted by Gasteiger charge is 1.98. The highest BCUT2D eigenvalue weighted by Crippen LogP contribution is 2.06. The number of carbonyl (C=O) groups excluding carboxylic acids is 1. The largest absolute Gasteiger partial charge is 0.303 e. The first kappa shape index (κ1) is 8.41. The van der Waals surface area contributed by atoms with Gasteiger partial charge in [-0.1, -0.05) is 25.5 Å². The minimum atomic E-state index is 0.102. The highest BCUT2D eigenvalue weighted by molar-refractivity contribution is 5.57. The third kappa shape index (κ3) is 3.07. The van der Waals surface area contributed by atoms with E-state index < -0.39 is 0 Å². The highest BCUT2D eigenvalue weighted by atomic mass is 16.1. The summed E-state index contributed by atoms with van der Waals surface area (Å²) >= 11 is 0. The van der Waals surface area contributed by atoms with E-state index in [0.29, 0.717) is 0 Å². The molecule has 0 aliphatic carbocycles. The Morgan fingerprint density at radius 1 is 1.67 bits per heavy atom. The lowest BCUT2D eigenvalue weighted by Gasteiger charge is -2.00. The maximum atomic E-state index is 10.2. The lowest BCUT2D eigenvalue weighted by Crippen LogP contribution is -1.96. The van der Waals surface area contributed by atoms with E-state index in [1.165, 1.54) is 5.57 Å². The monoisotopic (exact) mass is 126 g/mol. The van der Waals surface area contributed by atoms with Gasteiger partial charge in [0.2, 0.25) is 0 Å². The van der Waals surface area contributed by atoms with E-state index >= 15 is 0 Å². The molecule has 0 saturated carbocycles. The molecule has 0 bridgehead atoms. The summed E-state index contributed by atoms with van der Waals surface area (Å²) in [6.07, 6.45) is 4.07. The fourth-order valence-electron chi connectivity index (χ4n) is 0.615. The maximum absolute atomic E-state index is 10.2. The molecule has 0 heterocycles. The summed E-state index contributed by atoms with van der Waals surface area (Å²) in [7, 11) is 0. The molecule has 0 saturated heterocycles. The number of carbonyl (C=O) groups is 1. The lowest BCUT2D eigenvalue weighted by atomic mass is 10.0. The Labute approximate surface area is 56.8 Å². The Bertz CT molecular complexity index is 114. The first-order valence-corrected chi connectivity index (χ1v) is 3.34. The van der Waals surface area contributed by atoms with Crippen LogP contribution in [0.25, 0.3) is 0 Å². The van der Waals surface area contributed by atoms with Gasteiger partial charge in [0.1, 0.15) is 6.29 Å². The molecule has 1 atom stereocenters. The Balaban J connectivity index is 3.84. The van der Waals surface area contributed by atoms with Crippen molar-refractivity contribution in [3.8, 4) is 0 Å². The zero-order valence-corrected chi connectivity index (χ0v) is 6.35. The second kappa shape index (κ2) is 4.30. The standard InChI is InChI=1S/C8H14O/c1-4-5-7(2)8(3)6-9/h5-6,8H,4H2,1-3H3/b7-5+. The van der Waals surface area contributed by atoms with Gasteiger partial charge in [-0.2, -0.15) is 0 Å². The van der Waals surface area contributed by atoms with Crippen LogP contribution >= 0.6 is 0 Å². The number of hydrogen-bond acceptors (Lipinski definition) is 1. The molecular formula is C8H14O. The molecule has 0 aromatic carbocycles. The number of allylic oxidation sites excluding steroid dienone is 2. The Kier molecular flexibility index (Phi) is 4.02. The van der Waals surface area contributed by atoms with Gasteiger partial charge < -0.3 is 4.79 Å². The van der Waals surface area contributed by atoms with Crippen LogP contribution in [0.2, 0.25) is 0 Å². The van der Waals surface area contributed by atoms with E-state index in [1.807, 2.05) is 13.8 Å². The van der Waals surface area contributed by atoms with Gasteiger partial charge in [-0.25, -0.2) is 0 Å². The average Bonchev–Trinajstić information content (AvgIpc) is 1.87. The van der Waals surface area contributed by atoms with Gasteiger partial charge in [-0.3, -0.25) is 0 Å². The summed E-state index contributed by atoms with van der Waals surface area (Å²) in [4.78, 5) is 10.2. The zero-order valence-electron chi connectivity index (χ0n) is 6.35. The number of rotatable bonds is 3. The second-order valence-corrected chi connectivity index (χ2v) is 2.28. The van der Waals surface area contributed by atoms with E-state index in [4.69, 9.17) is 0 Å². The van der Waals surface area contributed by atoms with Crippen LogP contribution in [0.4, 0.5) is 0 Å². The van der Waals surface area contributed by atoms with Crippen molar-refractivity contribution in [3.05, 3.63) is 11.6 Å². The Morgan fingerprint density at radius 2 is 2.22 bits per heavy atom. The van der Waals surface area contributed by atoms with E-state index in [9.17, 15) is 4.79 Å².